The van der Waals surface area contributed by atoms with Crippen LogP contribution in [0.15, 0.2) is 54.1 Å². The average molecular weight is 410 g/mol. The maximum atomic E-state index is 13.1. The van der Waals surface area contributed by atoms with Crippen LogP contribution in [0, 0.1) is 0 Å². The van der Waals surface area contributed by atoms with Gasteiger partial charge >= 0.3 is 0 Å². The third-order valence-corrected chi connectivity index (χ3v) is 5.05. The first-order valence-corrected chi connectivity index (χ1v) is 9.80. The maximum absolute atomic E-state index is 13.1. The number of hydrogen-bond acceptors (Lipinski definition) is 5. The number of nitrogens with one attached hydrogen (secondary N) is 1. The van der Waals surface area contributed by atoms with Gasteiger partial charge in [0.15, 0.2) is 5.11 Å². The average Bonchev–Trinajstić information content (AvgIpc) is 2.73. The highest BCUT2D eigenvalue weighted by Crippen LogP contribution is 2.29. The van der Waals surface area contributed by atoms with Gasteiger partial charge in [-0.3, -0.25) is 19.8 Å². The molecule has 1 aliphatic rings. The van der Waals surface area contributed by atoms with E-state index in [0.717, 1.165) is 18.8 Å². The first-order chi connectivity index (χ1) is 14.0. The molecule has 0 saturated carbocycles. The number of para-hydroxylation sites is 1. The van der Waals surface area contributed by atoms with Crippen LogP contribution in [0.5, 0.6) is 5.75 Å². The molecule has 1 heterocycles. The summed E-state index contributed by atoms with van der Waals surface area (Å²) < 4.78 is 5.52. The van der Waals surface area contributed by atoms with E-state index in [-0.39, 0.29) is 10.7 Å². The minimum atomic E-state index is -0.526. The summed E-state index contributed by atoms with van der Waals surface area (Å²) in [6.07, 6.45) is 1.54. The molecule has 7 heteroatoms. The van der Waals surface area contributed by atoms with Crippen molar-refractivity contribution in [1.82, 2.24) is 5.32 Å². The molecule has 0 spiro atoms. The maximum Gasteiger partial charge on any atom is 0.270 e. The summed E-state index contributed by atoms with van der Waals surface area (Å²) >= 11 is 5.22. The van der Waals surface area contributed by atoms with E-state index >= 15 is 0 Å². The van der Waals surface area contributed by atoms with Gasteiger partial charge in [0, 0.05) is 30.4 Å². The summed E-state index contributed by atoms with van der Waals surface area (Å²) in [6.45, 7) is 5.89. The summed E-state index contributed by atoms with van der Waals surface area (Å²) in [5.41, 5.74) is 2.25. The number of carbonyl (C=O) groups is 2. The van der Waals surface area contributed by atoms with Gasteiger partial charge in [0.05, 0.1) is 12.8 Å². The molecule has 0 aliphatic carbocycles. The highest BCUT2D eigenvalue weighted by atomic mass is 32.1. The van der Waals surface area contributed by atoms with E-state index in [9.17, 15) is 9.59 Å². The molecule has 1 aliphatic heterocycles. The van der Waals surface area contributed by atoms with Crippen molar-refractivity contribution in [2.45, 2.75) is 13.8 Å². The Labute approximate surface area is 175 Å². The van der Waals surface area contributed by atoms with E-state index in [1.165, 1.54) is 4.90 Å². The van der Waals surface area contributed by atoms with Gasteiger partial charge in [-0.2, -0.15) is 0 Å². The van der Waals surface area contributed by atoms with Crippen LogP contribution in [0.2, 0.25) is 0 Å². The largest absolute Gasteiger partial charge is 0.496 e. The summed E-state index contributed by atoms with van der Waals surface area (Å²) in [5.74, 6) is -0.413. The molecular weight excluding hydrogens is 386 g/mol. The monoisotopic (exact) mass is 409 g/mol. The third kappa shape index (κ3) is 4.14. The van der Waals surface area contributed by atoms with Crippen molar-refractivity contribution >= 4 is 46.6 Å². The van der Waals surface area contributed by atoms with Gasteiger partial charge in [-0.15, -0.1) is 0 Å². The number of benzene rings is 2. The number of hydrogen-bond donors (Lipinski definition) is 1. The lowest BCUT2D eigenvalue weighted by atomic mass is 10.1. The van der Waals surface area contributed by atoms with E-state index in [0.29, 0.717) is 17.0 Å². The van der Waals surface area contributed by atoms with Crippen LogP contribution < -0.4 is 19.9 Å². The van der Waals surface area contributed by atoms with E-state index in [2.05, 4.69) is 24.1 Å². The number of nitrogens with zero attached hydrogens (tertiary/aromatic N) is 2. The Bertz CT molecular complexity index is 969. The molecule has 2 aromatic carbocycles. The number of rotatable bonds is 6. The molecule has 3 rings (SSSR count). The second-order valence-corrected chi connectivity index (χ2v) is 6.78. The summed E-state index contributed by atoms with van der Waals surface area (Å²) in [6, 6.07) is 14.7. The molecule has 0 atom stereocenters. The fourth-order valence-electron chi connectivity index (χ4n) is 3.23. The Morgan fingerprint density at radius 2 is 1.79 bits per heavy atom. The molecule has 6 nitrogen and oxygen atoms in total. The van der Waals surface area contributed by atoms with Gasteiger partial charge < -0.3 is 9.64 Å². The first kappa shape index (κ1) is 20.5. The minimum absolute atomic E-state index is 0.00339. The predicted octanol–water partition coefficient (Wildman–Crippen LogP) is 3.37. The zero-order chi connectivity index (χ0) is 21.0. The van der Waals surface area contributed by atoms with E-state index in [1.807, 2.05) is 24.3 Å². The molecule has 0 aromatic heterocycles. The van der Waals surface area contributed by atoms with Crippen molar-refractivity contribution in [3.05, 3.63) is 59.7 Å². The molecule has 0 unspecified atom stereocenters. The molecule has 1 N–H and O–H groups in total. The SMILES string of the molecule is CCN(CC)c1ccc(/C=C2\C(=O)NC(=S)N(c3ccccc3)C2=O)c(OC)c1. The number of amides is 2. The fraction of sp³-hybridized carbons (Fsp3) is 0.227. The van der Waals surface area contributed by atoms with Crippen LogP contribution in [0.3, 0.4) is 0 Å². The molecular formula is C22H23N3O3S. The van der Waals surface area contributed by atoms with Crippen molar-refractivity contribution in [3.63, 3.8) is 0 Å². The summed E-state index contributed by atoms with van der Waals surface area (Å²) in [7, 11) is 1.57. The highest BCUT2D eigenvalue weighted by molar-refractivity contribution is 7.80. The second-order valence-electron chi connectivity index (χ2n) is 6.39. The van der Waals surface area contributed by atoms with Gasteiger partial charge in [0.2, 0.25) is 0 Å². The zero-order valence-corrected chi connectivity index (χ0v) is 17.5. The van der Waals surface area contributed by atoms with E-state index < -0.39 is 11.8 Å². The van der Waals surface area contributed by atoms with Crippen LogP contribution in [0.4, 0.5) is 11.4 Å². The molecule has 2 aromatic rings. The highest BCUT2D eigenvalue weighted by Gasteiger charge is 2.34. The predicted molar refractivity (Wildman–Crippen MR) is 119 cm³/mol. The molecule has 1 fully saturated rings. The third-order valence-electron chi connectivity index (χ3n) is 4.76. The molecule has 150 valence electrons. The topological polar surface area (TPSA) is 61.9 Å². The van der Waals surface area contributed by atoms with Gasteiger partial charge in [0.1, 0.15) is 11.3 Å². The van der Waals surface area contributed by atoms with Gasteiger partial charge in [-0.05, 0) is 56.4 Å². The van der Waals surface area contributed by atoms with Crippen LogP contribution in [0.1, 0.15) is 19.4 Å². The number of ether oxygens (including phenoxy) is 1. The fourth-order valence-corrected chi connectivity index (χ4v) is 3.51. The van der Waals surface area contributed by atoms with Crippen LogP contribution in [0.25, 0.3) is 6.08 Å². The molecule has 1 saturated heterocycles. The second kappa shape index (κ2) is 8.87. The Morgan fingerprint density at radius 1 is 1.10 bits per heavy atom. The minimum Gasteiger partial charge on any atom is -0.496 e. The Kier molecular flexibility index (Phi) is 6.29. The lowest BCUT2D eigenvalue weighted by molar-refractivity contribution is -0.122. The molecule has 29 heavy (non-hydrogen) atoms. The van der Waals surface area contributed by atoms with Crippen molar-refractivity contribution in [3.8, 4) is 5.75 Å². The number of carbonyl (C=O) groups excluding carboxylic acids is 2. The molecule has 2 amide bonds. The van der Waals surface area contributed by atoms with Gasteiger partial charge in [-0.25, -0.2) is 0 Å². The van der Waals surface area contributed by atoms with Crippen LogP contribution in [-0.2, 0) is 9.59 Å². The van der Waals surface area contributed by atoms with Crippen molar-refractivity contribution < 1.29 is 14.3 Å². The lowest BCUT2D eigenvalue weighted by Gasteiger charge is -2.29. The van der Waals surface area contributed by atoms with E-state index in [1.54, 1.807) is 37.5 Å². The summed E-state index contributed by atoms with van der Waals surface area (Å²) in [4.78, 5) is 29.1. The quantitative estimate of drug-likeness (QED) is 0.450. The molecule has 0 bridgehead atoms. The Balaban J connectivity index is 2.01. The van der Waals surface area contributed by atoms with Crippen molar-refractivity contribution in [2.24, 2.45) is 0 Å². The van der Waals surface area contributed by atoms with E-state index in [4.69, 9.17) is 17.0 Å². The Morgan fingerprint density at radius 3 is 2.41 bits per heavy atom. The number of anilines is 2. The standard InChI is InChI=1S/C22H23N3O3S/c1-4-24(5-2)17-12-11-15(19(14-17)28-3)13-18-20(26)23-22(29)25(21(18)27)16-9-7-6-8-10-16/h6-14H,4-5H2,1-3H3,(H,23,26,29)/b18-13+. The Hall–Kier alpha value is -3.19. The van der Waals surface area contributed by atoms with Crippen molar-refractivity contribution in [2.75, 3.05) is 30.0 Å². The summed E-state index contributed by atoms with van der Waals surface area (Å²) in [5, 5.41) is 2.66. The normalized spacial score (nSPS) is 15.5. The number of thiocarbonyl (C=S) groups is 1. The number of methoxy groups -OCH3 is 1. The van der Waals surface area contributed by atoms with Gasteiger partial charge in [0.25, 0.3) is 11.8 Å². The zero-order valence-electron chi connectivity index (χ0n) is 16.6. The van der Waals surface area contributed by atoms with Crippen LogP contribution in [-0.4, -0.2) is 37.1 Å². The first-order valence-electron chi connectivity index (χ1n) is 9.39. The van der Waals surface area contributed by atoms with Gasteiger partial charge in [-0.1, -0.05) is 18.2 Å². The smallest absolute Gasteiger partial charge is 0.270 e. The molecule has 0 radical (unpaired) electrons. The van der Waals surface area contributed by atoms with Crippen LogP contribution >= 0.6 is 12.2 Å². The van der Waals surface area contributed by atoms with Crippen molar-refractivity contribution in [1.29, 1.82) is 0 Å². The lowest BCUT2D eigenvalue weighted by Crippen LogP contribution is -2.54.